The molecule has 82 valence electrons. The number of carbonyl (C=O) groups is 1. The van der Waals surface area contributed by atoms with Crippen LogP contribution < -0.4 is 22.1 Å². The van der Waals surface area contributed by atoms with E-state index in [-0.39, 0.29) is 16.0 Å². The van der Waals surface area contributed by atoms with Crippen molar-refractivity contribution in [3.8, 4) is 0 Å². The molecule has 0 spiro atoms. The SMILES string of the molecule is Cn1c(=O)c2c(n(C(=O)O)c1=O)=NC(=S)N=2. The van der Waals surface area contributed by atoms with Crippen LogP contribution in [0.3, 0.4) is 0 Å². The molecule has 0 unspecified atom stereocenters. The molecule has 0 radical (unpaired) electrons. The first-order chi connectivity index (χ1) is 7.43. The minimum Gasteiger partial charge on any atom is -0.464 e. The third kappa shape index (κ3) is 1.21. The zero-order chi connectivity index (χ0) is 12.0. The van der Waals surface area contributed by atoms with Gasteiger partial charge in [-0.25, -0.2) is 14.6 Å². The molecule has 1 aromatic rings. The van der Waals surface area contributed by atoms with Gasteiger partial charge < -0.3 is 5.11 Å². The van der Waals surface area contributed by atoms with Crippen LogP contribution in [0.15, 0.2) is 19.6 Å². The average molecular weight is 240 g/mol. The number of hydrogen-bond donors (Lipinski definition) is 1. The van der Waals surface area contributed by atoms with Crippen molar-refractivity contribution in [2.24, 2.45) is 17.0 Å². The van der Waals surface area contributed by atoms with E-state index < -0.39 is 17.3 Å². The number of fused-ring (bicyclic) bond motifs is 1. The predicted octanol–water partition coefficient (Wildman–Crippen LogP) is -2.39. The van der Waals surface area contributed by atoms with Crippen molar-refractivity contribution < 1.29 is 9.90 Å². The molecular weight excluding hydrogens is 236 g/mol. The summed E-state index contributed by atoms with van der Waals surface area (Å²) in [6.07, 6.45) is -1.54. The maximum absolute atomic E-state index is 11.5. The zero-order valence-corrected chi connectivity index (χ0v) is 8.69. The molecule has 9 heteroatoms. The van der Waals surface area contributed by atoms with Crippen molar-refractivity contribution in [2.75, 3.05) is 0 Å². The Balaban J connectivity index is 3.21. The maximum atomic E-state index is 11.5. The normalized spacial score (nSPS) is 12.9. The van der Waals surface area contributed by atoms with E-state index in [4.69, 9.17) is 5.11 Å². The summed E-state index contributed by atoms with van der Waals surface area (Å²) in [5.41, 5.74) is -2.05. The van der Waals surface area contributed by atoms with Crippen molar-refractivity contribution in [1.29, 1.82) is 0 Å². The molecule has 0 aliphatic carbocycles. The van der Waals surface area contributed by atoms with E-state index in [1.165, 1.54) is 0 Å². The molecule has 0 amide bonds. The Morgan fingerprint density at radius 3 is 2.56 bits per heavy atom. The summed E-state index contributed by atoms with van der Waals surface area (Å²) in [5, 5.41) is 8.43. The number of thiocarbonyl (C=S) groups is 1. The average Bonchev–Trinajstić information content (AvgIpc) is 2.56. The van der Waals surface area contributed by atoms with Crippen LogP contribution in [-0.4, -0.2) is 25.4 Å². The van der Waals surface area contributed by atoms with Gasteiger partial charge in [-0.2, -0.15) is 9.56 Å². The van der Waals surface area contributed by atoms with E-state index in [1.807, 2.05) is 0 Å². The first-order valence-electron chi connectivity index (χ1n) is 4.00. The molecule has 1 aromatic heterocycles. The number of nitrogens with zero attached hydrogens (tertiary/aromatic N) is 4. The predicted molar refractivity (Wildman–Crippen MR) is 54.3 cm³/mol. The van der Waals surface area contributed by atoms with Crippen LogP contribution in [0.2, 0.25) is 0 Å². The van der Waals surface area contributed by atoms with Gasteiger partial charge in [-0.1, -0.05) is 0 Å². The van der Waals surface area contributed by atoms with Gasteiger partial charge in [0.2, 0.25) is 5.11 Å². The Labute approximate surface area is 91.8 Å². The lowest BCUT2D eigenvalue weighted by atomic mass is 10.5. The minimum atomic E-state index is -1.54. The van der Waals surface area contributed by atoms with E-state index in [2.05, 4.69) is 22.2 Å². The lowest BCUT2D eigenvalue weighted by Crippen LogP contribution is -2.58. The second-order valence-electron chi connectivity index (χ2n) is 2.94. The van der Waals surface area contributed by atoms with Gasteiger partial charge in [0.15, 0.2) is 10.8 Å². The van der Waals surface area contributed by atoms with Crippen LogP contribution in [0.25, 0.3) is 0 Å². The van der Waals surface area contributed by atoms with Gasteiger partial charge in [-0.3, -0.25) is 9.36 Å². The highest BCUT2D eigenvalue weighted by atomic mass is 32.1. The number of carboxylic acid groups (broad SMARTS) is 1. The summed E-state index contributed by atoms with van der Waals surface area (Å²) in [6, 6.07) is 0. The molecular formula is C7H4N4O4S. The first kappa shape index (κ1) is 10.4. The van der Waals surface area contributed by atoms with Gasteiger partial charge in [0, 0.05) is 7.05 Å². The van der Waals surface area contributed by atoms with Crippen molar-refractivity contribution in [3.63, 3.8) is 0 Å². The Hall–Kier alpha value is -2.16. The largest absolute Gasteiger partial charge is 0.464 e. The van der Waals surface area contributed by atoms with Crippen LogP contribution in [0.4, 0.5) is 4.79 Å². The van der Waals surface area contributed by atoms with Crippen molar-refractivity contribution in [2.45, 2.75) is 0 Å². The molecule has 0 saturated heterocycles. The van der Waals surface area contributed by atoms with Gasteiger partial charge in [0.25, 0.3) is 5.56 Å². The van der Waals surface area contributed by atoms with Gasteiger partial charge in [0.05, 0.1) is 0 Å². The van der Waals surface area contributed by atoms with E-state index >= 15 is 0 Å². The number of aromatic nitrogens is 2. The van der Waals surface area contributed by atoms with E-state index in [1.54, 1.807) is 0 Å². The topological polar surface area (TPSA) is 106 Å². The molecule has 0 aromatic carbocycles. The number of rotatable bonds is 0. The molecule has 8 nitrogen and oxygen atoms in total. The molecule has 1 aliphatic heterocycles. The summed E-state index contributed by atoms with van der Waals surface area (Å²) in [7, 11) is 1.15. The molecule has 0 saturated carbocycles. The molecule has 2 rings (SSSR count). The van der Waals surface area contributed by atoms with E-state index in [9.17, 15) is 14.4 Å². The van der Waals surface area contributed by atoms with Crippen LogP contribution in [0.5, 0.6) is 0 Å². The molecule has 0 atom stereocenters. The van der Waals surface area contributed by atoms with Gasteiger partial charge in [0.1, 0.15) is 0 Å². The van der Waals surface area contributed by atoms with Gasteiger partial charge in [-0.05, 0) is 12.2 Å². The minimum absolute atomic E-state index is 0.173. The Kier molecular flexibility index (Phi) is 2.05. The van der Waals surface area contributed by atoms with E-state index in [0.29, 0.717) is 9.13 Å². The molecule has 1 N–H and O–H groups in total. The van der Waals surface area contributed by atoms with Crippen molar-refractivity contribution in [3.05, 3.63) is 31.7 Å². The second-order valence-corrected chi connectivity index (χ2v) is 3.31. The highest BCUT2D eigenvalue weighted by molar-refractivity contribution is 7.80. The summed E-state index contributed by atoms with van der Waals surface area (Å²) in [4.78, 5) is 41.1. The van der Waals surface area contributed by atoms with Crippen molar-refractivity contribution in [1.82, 2.24) is 9.13 Å². The third-order valence-electron chi connectivity index (χ3n) is 2.01. The summed E-state index contributed by atoms with van der Waals surface area (Å²) < 4.78 is 0.972. The highest BCUT2D eigenvalue weighted by Gasteiger charge is 2.18. The standard InChI is InChI=1S/C7H4N4O4S/c1-10-4(12)2-3(9-5(16)8-2)11(6(10)13)7(14)15/h1H3,(H,14,15). The molecule has 2 heterocycles. The lowest BCUT2D eigenvalue weighted by Gasteiger charge is -2.00. The summed E-state index contributed by atoms with van der Waals surface area (Å²) in [5.74, 6) is 0. The summed E-state index contributed by atoms with van der Waals surface area (Å²) in [6.45, 7) is 0. The Morgan fingerprint density at radius 2 is 2.00 bits per heavy atom. The molecule has 0 bridgehead atoms. The first-order valence-corrected chi connectivity index (χ1v) is 4.41. The monoisotopic (exact) mass is 240 g/mol. The Bertz CT molecular complexity index is 756. The van der Waals surface area contributed by atoms with E-state index in [0.717, 1.165) is 7.05 Å². The van der Waals surface area contributed by atoms with Gasteiger partial charge >= 0.3 is 11.8 Å². The fourth-order valence-corrected chi connectivity index (χ4v) is 1.45. The van der Waals surface area contributed by atoms with Crippen LogP contribution in [-0.2, 0) is 7.05 Å². The molecule has 0 fully saturated rings. The third-order valence-corrected chi connectivity index (χ3v) is 2.19. The number of hydrogen-bond acceptors (Lipinski definition) is 4. The van der Waals surface area contributed by atoms with Crippen LogP contribution in [0, 0.1) is 0 Å². The second kappa shape index (κ2) is 3.17. The van der Waals surface area contributed by atoms with Gasteiger partial charge in [-0.15, -0.1) is 0 Å². The lowest BCUT2D eigenvalue weighted by molar-refractivity contribution is 0.193. The van der Waals surface area contributed by atoms with Crippen molar-refractivity contribution >= 4 is 23.4 Å². The zero-order valence-electron chi connectivity index (χ0n) is 7.87. The molecule has 16 heavy (non-hydrogen) atoms. The van der Waals surface area contributed by atoms with Crippen LogP contribution >= 0.6 is 12.2 Å². The fourth-order valence-electron chi connectivity index (χ4n) is 1.27. The Morgan fingerprint density at radius 1 is 1.38 bits per heavy atom. The molecule has 1 aliphatic rings. The maximum Gasteiger partial charge on any atom is 0.421 e. The highest BCUT2D eigenvalue weighted by Crippen LogP contribution is 1.82. The quantitative estimate of drug-likeness (QED) is 0.509. The fraction of sp³-hybridized carbons (Fsp3) is 0.143. The summed E-state index contributed by atoms with van der Waals surface area (Å²) >= 11 is 4.63. The van der Waals surface area contributed by atoms with Crippen LogP contribution in [0.1, 0.15) is 0 Å². The smallest absolute Gasteiger partial charge is 0.421 e.